The van der Waals surface area contributed by atoms with Crippen LogP contribution in [0.2, 0.25) is 0 Å². The predicted octanol–water partition coefficient (Wildman–Crippen LogP) is 0.496. The molecular weight excluding hydrogens is 201 g/mol. The molecule has 0 saturated carbocycles. The van der Waals surface area contributed by atoms with Crippen LogP contribution in [0.5, 0.6) is 0 Å². The highest BCUT2D eigenvalue weighted by molar-refractivity contribution is 5.85. The van der Waals surface area contributed by atoms with E-state index in [1.165, 1.54) is 0 Å². The molecular formula is C5H11Cl2N5. The summed E-state index contributed by atoms with van der Waals surface area (Å²) in [6.07, 6.45) is 3.20. The van der Waals surface area contributed by atoms with Crippen LogP contribution in [0.4, 0.5) is 11.4 Å². The van der Waals surface area contributed by atoms with E-state index in [9.17, 15) is 0 Å². The molecule has 1 aromatic rings. The van der Waals surface area contributed by atoms with Gasteiger partial charge in [-0.2, -0.15) is 0 Å². The smallest absolute Gasteiger partial charge is 0.0917 e. The fourth-order valence-electron chi connectivity index (χ4n) is 0.635. The SMILES string of the molecule is Cl.Cl.NNc1ccncc1NN. The number of hydrogen-bond donors (Lipinski definition) is 4. The van der Waals surface area contributed by atoms with Crippen molar-refractivity contribution < 1.29 is 0 Å². The topological polar surface area (TPSA) is 89.0 Å². The number of anilines is 2. The van der Waals surface area contributed by atoms with Gasteiger partial charge >= 0.3 is 0 Å². The maximum atomic E-state index is 5.15. The number of hydrogen-bond acceptors (Lipinski definition) is 5. The molecule has 0 aliphatic heterocycles. The Balaban J connectivity index is 0. The van der Waals surface area contributed by atoms with Crippen LogP contribution in [0.15, 0.2) is 18.5 Å². The van der Waals surface area contributed by atoms with Crippen molar-refractivity contribution >= 4 is 36.2 Å². The first-order valence-corrected chi connectivity index (χ1v) is 2.75. The first kappa shape index (κ1) is 13.8. The molecule has 6 N–H and O–H groups in total. The molecule has 7 heteroatoms. The number of nitrogens with one attached hydrogen (secondary N) is 2. The van der Waals surface area contributed by atoms with Crippen LogP contribution in [-0.2, 0) is 0 Å². The summed E-state index contributed by atoms with van der Waals surface area (Å²) in [6.45, 7) is 0. The highest BCUT2D eigenvalue weighted by atomic mass is 35.5. The average Bonchev–Trinajstić information content (AvgIpc) is 2.04. The van der Waals surface area contributed by atoms with Gasteiger partial charge in [0, 0.05) is 6.20 Å². The summed E-state index contributed by atoms with van der Waals surface area (Å²) < 4.78 is 0. The molecule has 0 fully saturated rings. The van der Waals surface area contributed by atoms with Crippen LogP contribution in [-0.4, -0.2) is 4.98 Å². The summed E-state index contributed by atoms with van der Waals surface area (Å²) in [5, 5.41) is 0. The number of aromatic nitrogens is 1. The Morgan fingerprint density at radius 1 is 1.08 bits per heavy atom. The molecule has 0 aromatic carbocycles. The fraction of sp³-hybridized carbons (Fsp3) is 0. The fourth-order valence-corrected chi connectivity index (χ4v) is 0.635. The van der Waals surface area contributed by atoms with E-state index in [0.29, 0.717) is 5.69 Å². The molecule has 0 saturated heterocycles. The molecule has 12 heavy (non-hydrogen) atoms. The molecule has 0 spiro atoms. The Kier molecular flexibility index (Phi) is 7.98. The van der Waals surface area contributed by atoms with Crippen molar-refractivity contribution in [2.45, 2.75) is 0 Å². The minimum Gasteiger partial charge on any atom is -0.322 e. The van der Waals surface area contributed by atoms with Crippen LogP contribution in [0.3, 0.4) is 0 Å². The van der Waals surface area contributed by atoms with E-state index in [4.69, 9.17) is 11.7 Å². The van der Waals surface area contributed by atoms with Gasteiger partial charge < -0.3 is 10.9 Å². The predicted molar refractivity (Wildman–Crippen MR) is 54.4 cm³/mol. The second-order valence-corrected chi connectivity index (χ2v) is 1.71. The molecule has 70 valence electrons. The Hall–Kier alpha value is -0.750. The molecule has 0 radical (unpaired) electrons. The number of nitrogen functional groups attached to an aromatic ring is 2. The third-order valence-corrected chi connectivity index (χ3v) is 1.13. The molecule has 0 aliphatic carbocycles. The highest BCUT2D eigenvalue weighted by Gasteiger charge is 1.94. The number of halogens is 2. The minimum absolute atomic E-state index is 0. The highest BCUT2D eigenvalue weighted by Crippen LogP contribution is 2.15. The Morgan fingerprint density at radius 3 is 2.08 bits per heavy atom. The summed E-state index contributed by atoms with van der Waals surface area (Å²) in [7, 11) is 0. The van der Waals surface area contributed by atoms with Crippen LogP contribution in [0.1, 0.15) is 0 Å². The first-order valence-electron chi connectivity index (χ1n) is 2.75. The Labute approximate surface area is 82.7 Å². The van der Waals surface area contributed by atoms with Gasteiger partial charge in [-0.25, -0.2) is 0 Å². The molecule has 5 nitrogen and oxygen atoms in total. The van der Waals surface area contributed by atoms with Gasteiger partial charge in [-0.05, 0) is 6.07 Å². The number of rotatable bonds is 2. The standard InChI is InChI=1S/C5H9N5.2ClH/c6-9-4-1-2-8-3-5(4)10-7;;/h1-3,10H,6-7H2,(H,8,9);2*1H. The van der Waals surface area contributed by atoms with Crippen molar-refractivity contribution in [3.63, 3.8) is 0 Å². The van der Waals surface area contributed by atoms with E-state index in [1.54, 1.807) is 18.5 Å². The number of hydrazine groups is 2. The van der Waals surface area contributed by atoms with E-state index in [0.717, 1.165) is 5.69 Å². The minimum atomic E-state index is 0. The average molecular weight is 212 g/mol. The molecule has 0 atom stereocenters. The second kappa shape index (κ2) is 6.93. The van der Waals surface area contributed by atoms with Crippen molar-refractivity contribution in [2.75, 3.05) is 10.9 Å². The van der Waals surface area contributed by atoms with Crippen LogP contribution >= 0.6 is 24.8 Å². The lowest BCUT2D eigenvalue weighted by Crippen LogP contribution is -2.13. The van der Waals surface area contributed by atoms with Crippen molar-refractivity contribution in [3.8, 4) is 0 Å². The number of nitrogens with two attached hydrogens (primary N) is 2. The van der Waals surface area contributed by atoms with Gasteiger partial charge in [0.05, 0.1) is 17.6 Å². The zero-order chi connectivity index (χ0) is 7.40. The van der Waals surface area contributed by atoms with E-state index in [-0.39, 0.29) is 24.8 Å². The lowest BCUT2D eigenvalue weighted by molar-refractivity contribution is 1.24. The quantitative estimate of drug-likeness (QED) is 0.423. The van der Waals surface area contributed by atoms with Crippen LogP contribution in [0, 0.1) is 0 Å². The summed E-state index contributed by atoms with van der Waals surface area (Å²) in [6, 6.07) is 1.72. The summed E-state index contributed by atoms with van der Waals surface area (Å²) in [4.78, 5) is 3.83. The maximum absolute atomic E-state index is 5.15. The monoisotopic (exact) mass is 211 g/mol. The molecule has 1 rings (SSSR count). The summed E-state index contributed by atoms with van der Waals surface area (Å²) >= 11 is 0. The largest absolute Gasteiger partial charge is 0.322 e. The third-order valence-electron chi connectivity index (χ3n) is 1.13. The van der Waals surface area contributed by atoms with Gasteiger partial charge in [0.1, 0.15) is 0 Å². The molecule has 0 bridgehead atoms. The van der Waals surface area contributed by atoms with Crippen LogP contribution < -0.4 is 22.5 Å². The first-order chi connectivity index (χ1) is 4.88. The summed E-state index contributed by atoms with van der Waals surface area (Å²) in [5.74, 6) is 10.3. The van der Waals surface area contributed by atoms with Crippen molar-refractivity contribution in [2.24, 2.45) is 11.7 Å². The van der Waals surface area contributed by atoms with Gasteiger partial charge in [-0.15, -0.1) is 24.8 Å². The molecule has 0 unspecified atom stereocenters. The molecule has 0 aliphatic rings. The number of pyridine rings is 1. The maximum Gasteiger partial charge on any atom is 0.0917 e. The lowest BCUT2D eigenvalue weighted by Gasteiger charge is -2.04. The van der Waals surface area contributed by atoms with Gasteiger partial charge in [0.25, 0.3) is 0 Å². The van der Waals surface area contributed by atoms with Crippen LogP contribution in [0.25, 0.3) is 0 Å². The van der Waals surface area contributed by atoms with Crippen molar-refractivity contribution in [1.29, 1.82) is 0 Å². The van der Waals surface area contributed by atoms with E-state index >= 15 is 0 Å². The van der Waals surface area contributed by atoms with Gasteiger partial charge in [-0.1, -0.05) is 0 Å². The lowest BCUT2D eigenvalue weighted by atomic mass is 10.4. The number of nitrogens with zero attached hydrogens (tertiary/aromatic N) is 1. The van der Waals surface area contributed by atoms with Gasteiger partial charge in [0.15, 0.2) is 0 Å². The Bertz CT molecular complexity index is 196. The summed E-state index contributed by atoms with van der Waals surface area (Å²) in [5.41, 5.74) is 6.30. The normalized spacial score (nSPS) is 7.50. The van der Waals surface area contributed by atoms with E-state index in [1.807, 2.05) is 0 Å². The zero-order valence-corrected chi connectivity index (χ0v) is 7.78. The van der Waals surface area contributed by atoms with Gasteiger partial charge in [0.2, 0.25) is 0 Å². The van der Waals surface area contributed by atoms with Gasteiger partial charge in [-0.3, -0.25) is 16.7 Å². The zero-order valence-electron chi connectivity index (χ0n) is 6.15. The van der Waals surface area contributed by atoms with Crippen molar-refractivity contribution in [1.82, 2.24) is 4.98 Å². The molecule has 0 amide bonds. The van der Waals surface area contributed by atoms with E-state index in [2.05, 4.69) is 15.8 Å². The van der Waals surface area contributed by atoms with E-state index < -0.39 is 0 Å². The molecule has 1 aromatic heterocycles. The third kappa shape index (κ3) is 3.10. The Morgan fingerprint density at radius 2 is 1.67 bits per heavy atom. The molecule has 1 heterocycles. The second-order valence-electron chi connectivity index (χ2n) is 1.71. The van der Waals surface area contributed by atoms with Crippen molar-refractivity contribution in [3.05, 3.63) is 18.5 Å².